The summed E-state index contributed by atoms with van der Waals surface area (Å²) < 4.78 is 42.1. The minimum Gasteiger partial charge on any atom is -0.387 e. The SMILES string of the molecule is CC(C)C1CCCC1Nc1cc(Cl)nc2c1nnn2[C@@H]1O[C@H](CS(=O)(=O)CP(=O)(O)O)[C@@H](O)[C@H]1O. The van der Waals surface area contributed by atoms with Gasteiger partial charge in [-0.15, -0.1) is 5.10 Å². The Morgan fingerprint density at radius 2 is 2.00 bits per heavy atom. The molecule has 3 heterocycles. The number of hydrogen-bond acceptors (Lipinski definition) is 10. The van der Waals surface area contributed by atoms with Crippen molar-refractivity contribution in [1.29, 1.82) is 0 Å². The molecular weight excluding hydrogens is 525 g/mol. The van der Waals surface area contributed by atoms with Gasteiger partial charge in [-0.05, 0) is 24.7 Å². The van der Waals surface area contributed by atoms with Gasteiger partial charge in [-0.25, -0.2) is 13.4 Å². The van der Waals surface area contributed by atoms with Gasteiger partial charge in [-0.3, -0.25) is 4.57 Å². The number of aliphatic hydroxyl groups is 2. The molecule has 0 aromatic carbocycles. The lowest BCUT2D eigenvalue weighted by molar-refractivity contribution is -0.0375. The van der Waals surface area contributed by atoms with Gasteiger partial charge in [0, 0.05) is 12.1 Å². The Morgan fingerprint density at radius 3 is 2.66 bits per heavy atom. The highest BCUT2D eigenvalue weighted by Gasteiger charge is 2.47. The molecule has 2 aromatic heterocycles. The highest BCUT2D eigenvalue weighted by molar-refractivity contribution is 7.97. The molecule has 2 unspecified atom stereocenters. The fraction of sp³-hybridized carbons (Fsp3) is 0.737. The number of ether oxygens (including phenoxy) is 1. The zero-order valence-electron chi connectivity index (χ0n) is 19.1. The van der Waals surface area contributed by atoms with Crippen molar-refractivity contribution in [2.24, 2.45) is 11.8 Å². The number of aromatic nitrogens is 4. The van der Waals surface area contributed by atoms with Gasteiger partial charge in [0.15, 0.2) is 32.7 Å². The number of nitrogens with one attached hydrogen (secondary N) is 1. The molecule has 16 heteroatoms. The molecule has 0 radical (unpaired) electrons. The molecular formula is C19H29ClN5O8PS. The van der Waals surface area contributed by atoms with Crippen LogP contribution < -0.4 is 5.32 Å². The largest absolute Gasteiger partial charge is 0.387 e. The molecule has 0 amide bonds. The zero-order valence-corrected chi connectivity index (χ0v) is 21.6. The van der Waals surface area contributed by atoms with Crippen molar-refractivity contribution in [2.75, 3.05) is 16.6 Å². The second-order valence-electron chi connectivity index (χ2n) is 9.54. The van der Waals surface area contributed by atoms with Crippen molar-refractivity contribution in [2.45, 2.75) is 63.7 Å². The predicted molar refractivity (Wildman–Crippen MR) is 127 cm³/mol. The van der Waals surface area contributed by atoms with Gasteiger partial charge in [-0.1, -0.05) is 37.1 Å². The molecule has 0 bridgehead atoms. The number of sulfone groups is 1. The lowest BCUT2D eigenvalue weighted by atomic mass is 9.91. The van der Waals surface area contributed by atoms with Crippen molar-refractivity contribution in [3.8, 4) is 0 Å². The average molecular weight is 554 g/mol. The molecule has 2 fully saturated rings. The monoisotopic (exact) mass is 553 g/mol. The lowest BCUT2D eigenvalue weighted by Gasteiger charge is -2.25. The number of nitrogens with zero attached hydrogens (tertiary/aromatic N) is 4. The number of hydrogen-bond donors (Lipinski definition) is 5. The highest BCUT2D eigenvalue weighted by atomic mass is 35.5. The summed E-state index contributed by atoms with van der Waals surface area (Å²) in [5, 5.41) is 32.8. The molecule has 1 saturated carbocycles. The summed E-state index contributed by atoms with van der Waals surface area (Å²) in [7, 11) is -9.16. The third-order valence-corrected chi connectivity index (χ3v) is 10.5. The van der Waals surface area contributed by atoms with Gasteiger partial charge >= 0.3 is 7.60 Å². The van der Waals surface area contributed by atoms with E-state index < -0.39 is 53.2 Å². The first-order valence-corrected chi connectivity index (χ1v) is 15.2. The van der Waals surface area contributed by atoms with Crippen LogP contribution in [0, 0.1) is 11.8 Å². The Bertz CT molecular complexity index is 1240. The summed E-state index contributed by atoms with van der Waals surface area (Å²) in [6.07, 6.45) is -2.87. The van der Waals surface area contributed by atoms with Crippen LogP contribution in [0.25, 0.3) is 11.2 Å². The highest BCUT2D eigenvalue weighted by Crippen LogP contribution is 2.39. The smallest absolute Gasteiger partial charge is 0.340 e. The van der Waals surface area contributed by atoms with Crippen molar-refractivity contribution < 1.29 is 37.7 Å². The van der Waals surface area contributed by atoms with E-state index in [-0.39, 0.29) is 16.8 Å². The van der Waals surface area contributed by atoms with Crippen molar-refractivity contribution in [1.82, 2.24) is 20.0 Å². The van der Waals surface area contributed by atoms with E-state index in [1.165, 1.54) is 0 Å². The molecule has 13 nitrogen and oxygen atoms in total. The van der Waals surface area contributed by atoms with E-state index in [2.05, 4.69) is 34.5 Å². The first-order valence-electron chi connectivity index (χ1n) is 11.2. The van der Waals surface area contributed by atoms with Gasteiger partial charge in [0.1, 0.15) is 23.5 Å². The van der Waals surface area contributed by atoms with Gasteiger partial charge in [0.2, 0.25) is 0 Å². The molecule has 196 valence electrons. The Hall–Kier alpha value is -1.38. The standard InChI is InChI=1S/C19H29ClN5O8PS/c1-9(2)10-4-3-5-11(10)21-12-6-14(20)22-18-15(12)23-24-25(18)19-17(27)16(26)13(33-19)7-35(31,32)8-34(28,29)30/h6,9-11,13,16-17,19,26-27H,3-5,7-8H2,1-2H3,(H,21,22)(H2,28,29,30)/t10?,11?,13-,16-,17-,19-/m1/s1. The van der Waals surface area contributed by atoms with Crippen molar-refractivity contribution >= 4 is 45.9 Å². The minimum atomic E-state index is -4.86. The van der Waals surface area contributed by atoms with E-state index in [1.807, 2.05) is 0 Å². The van der Waals surface area contributed by atoms with Gasteiger partial charge in [0.25, 0.3) is 0 Å². The Balaban J connectivity index is 1.60. The number of aliphatic hydroxyl groups excluding tert-OH is 2. The maximum atomic E-state index is 12.2. The predicted octanol–water partition coefficient (Wildman–Crippen LogP) is 0.885. The maximum absolute atomic E-state index is 12.2. The molecule has 5 N–H and O–H groups in total. The van der Waals surface area contributed by atoms with E-state index >= 15 is 0 Å². The van der Waals surface area contributed by atoms with Gasteiger partial charge in [-0.2, -0.15) is 4.68 Å². The summed E-state index contributed by atoms with van der Waals surface area (Å²) in [5.74, 6) is 0.0532. The number of fused-ring (bicyclic) bond motifs is 1. The van der Waals surface area contributed by atoms with E-state index in [1.54, 1.807) is 6.07 Å². The van der Waals surface area contributed by atoms with Crippen LogP contribution in [0.4, 0.5) is 5.69 Å². The van der Waals surface area contributed by atoms with Crippen LogP contribution in [-0.2, 0) is 19.1 Å². The summed E-state index contributed by atoms with van der Waals surface area (Å²) >= 11 is 6.26. The van der Waals surface area contributed by atoms with Crippen LogP contribution >= 0.6 is 19.2 Å². The van der Waals surface area contributed by atoms with E-state index in [0.29, 0.717) is 23.0 Å². The van der Waals surface area contributed by atoms with Crippen LogP contribution in [0.3, 0.4) is 0 Å². The first-order chi connectivity index (χ1) is 16.3. The van der Waals surface area contributed by atoms with Crippen molar-refractivity contribution in [3.05, 3.63) is 11.2 Å². The topological polar surface area (TPSA) is 197 Å². The summed E-state index contributed by atoms with van der Waals surface area (Å²) in [4.78, 5) is 22.2. The normalized spacial score (nSPS) is 29.9. The van der Waals surface area contributed by atoms with Gasteiger partial charge < -0.3 is 30.1 Å². The number of halogens is 1. The first kappa shape index (κ1) is 26.7. The molecule has 1 aliphatic carbocycles. The second-order valence-corrected chi connectivity index (χ2v) is 14.1. The number of rotatable bonds is 8. The van der Waals surface area contributed by atoms with Crippen LogP contribution in [0.2, 0.25) is 5.15 Å². The van der Waals surface area contributed by atoms with Gasteiger partial charge in [0.05, 0.1) is 11.4 Å². The fourth-order valence-corrected chi connectivity index (χ4v) is 8.40. The lowest BCUT2D eigenvalue weighted by Crippen LogP contribution is -2.36. The third-order valence-electron chi connectivity index (χ3n) is 6.53. The number of anilines is 1. The summed E-state index contributed by atoms with van der Waals surface area (Å²) in [5.41, 5.74) is -0.261. The maximum Gasteiger partial charge on any atom is 0.340 e. The molecule has 2 aromatic rings. The fourth-order valence-electron chi connectivity index (χ4n) is 4.96. The molecule has 35 heavy (non-hydrogen) atoms. The Labute approximate surface area is 206 Å². The second kappa shape index (κ2) is 9.82. The molecule has 6 atom stereocenters. The zero-order chi connectivity index (χ0) is 25.7. The molecule has 1 aliphatic heterocycles. The minimum absolute atomic E-state index is 0.136. The quantitative estimate of drug-likeness (QED) is 0.229. The summed E-state index contributed by atoms with van der Waals surface area (Å²) in [6, 6.07) is 1.84. The number of pyridine rings is 1. The Kier molecular flexibility index (Phi) is 7.49. The molecule has 0 spiro atoms. The van der Waals surface area contributed by atoms with Crippen LogP contribution in [0.15, 0.2) is 6.07 Å². The van der Waals surface area contributed by atoms with Crippen LogP contribution in [0.5, 0.6) is 0 Å². The summed E-state index contributed by atoms with van der Waals surface area (Å²) in [6.45, 7) is 4.35. The van der Waals surface area contributed by atoms with E-state index in [0.717, 1.165) is 23.9 Å². The van der Waals surface area contributed by atoms with E-state index in [9.17, 15) is 23.2 Å². The third kappa shape index (κ3) is 5.80. The van der Waals surface area contributed by atoms with Crippen LogP contribution in [-0.4, -0.2) is 84.0 Å². The molecule has 2 aliphatic rings. The van der Waals surface area contributed by atoms with Crippen molar-refractivity contribution in [3.63, 3.8) is 0 Å². The molecule has 1 saturated heterocycles. The van der Waals surface area contributed by atoms with E-state index in [4.69, 9.17) is 26.1 Å². The average Bonchev–Trinajstić information content (AvgIpc) is 3.40. The molecule has 4 rings (SSSR count). The Morgan fingerprint density at radius 1 is 1.29 bits per heavy atom. The van der Waals surface area contributed by atoms with Crippen LogP contribution in [0.1, 0.15) is 39.3 Å².